The highest BCUT2D eigenvalue weighted by Gasteiger charge is 2.42. The van der Waals surface area contributed by atoms with Crippen molar-refractivity contribution in [3.8, 4) is 5.75 Å². The molecule has 2 aliphatic rings. The van der Waals surface area contributed by atoms with E-state index in [1.807, 2.05) is 44.4 Å². The van der Waals surface area contributed by atoms with Gasteiger partial charge in [-0.15, -0.1) is 0 Å². The highest BCUT2D eigenvalue weighted by molar-refractivity contribution is 7.88. The lowest BCUT2D eigenvalue weighted by atomic mass is 9.90. The molecule has 1 saturated heterocycles. The Labute approximate surface area is 179 Å². The van der Waals surface area contributed by atoms with Gasteiger partial charge in [-0.3, -0.25) is 4.90 Å². The van der Waals surface area contributed by atoms with E-state index in [1.54, 1.807) is 4.31 Å². The summed E-state index contributed by atoms with van der Waals surface area (Å²) in [7, 11) is -3.33. The molecule has 0 bridgehead atoms. The number of nitrogens with zero attached hydrogens (tertiary/aromatic N) is 4. The summed E-state index contributed by atoms with van der Waals surface area (Å²) < 4.78 is 33.0. The molecule has 1 fully saturated rings. The van der Waals surface area contributed by atoms with E-state index in [4.69, 9.17) is 4.74 Å². The number of likely N-dealkylation sites (tertiary alicyclic amines) is 1. The normalized spacial score (nSPS) is 19.8. The van der Waals surface area contributed by atoms with Crippen LogP contribution < -0.4 is 4.74 Å². The van der Waals surface area contributed by atoms with Crippen LogP contribution in [0.25, 0.3) is 0 Å². The summed E-state index contributed by atoms with van der Waals surface area (Å²) in [6.45, 7) is 7.30. The minimum Gasteiger partial charge on any atom is -0.485 e. The van der Waals surface area contributed by atoms with Crippen LogP contribution in [-0.2, 0) is 29.5 Å². The van der Waals surface area contributed by atoms with Gasteiger partial charge >= 0.3 is 0 Å². The molecule has 1 aromatic carbocycles. The second kappa shape index (κ2) is 8.24. The van der Waals surface area contributed by atoms with Crippen molar-refractivity contribution in [1.82, 2.24) is 19.2 Å². The minimum absolute atomic E-state index is 0.364. The van der Waals surface area contributed by atoms with Crippen LogP contribution in [0.2, 0.25) is 0 Å². The Morgan fingerprint density at radius 3 is 2.50 bits per heavy atom. The quantitative estimate of drug-likeness (QED) is 0.742. The van der Waals surface area contributed by atoms with Crippen molar-refractivity contribution in [3.63, 3.8) is 0 Å². The van der Waals surface area contributed by atoms with Gasteiger partial charge in [0.15, 0.2) is 0 Å². The van der Waals surface area contributed by atoms with Crippen molar-refractivity contribution in [2.75, 3.05) is 25.9 Å². The molecular weight excluding hydrogens is 400 g/mol. The summed E-state index contributed by atoms with van der Waals surface area (Å²) in [5, 5.41) is 0. The molecule has 8 heteroatoms. The van der Waals surface area contributed by atoms with E-state index in [0.717, 1.165) is 67.2 Å². The number of rotatable bonds is 4. The highest BCUT2D eigenvalue weighted by atomic mass is 32.2. The van der Waals surface area contributed by atoms with Crippen molar-refractivity contribution >= 4 is 10.0 Å². The van der Waals surface area contributed by atoms with E-state index in [2.05, 4.69) is 14.9 Å². The van der Waals surface area contributed by atoms with Gasteiger partial charge < -0.3 is 4.74 Å². The maximum absolute atomic E-state index is 12.5. The Kier molecular flexibility index (Phi) is 5.83. The largest absolute Gasteiger partial charge is 0.485 e. The van der Waals surface area contributed by atoms with Crippen LogP contribution in [0.1, 0.15) is 42.3 Å². The lowest BCUT2D eigenvalue weighted by Gasteiger charge is -2.42. The van der Waals surface area contributed by atoms with Crippen molar-refractivity contribution in [2.45, 2.75) is 51.8 Å². The summed E-state index contributed by atoms with van der Waals surface area (Å²) in [6, 6.07) is 6.04. The predicted octanol–water partition coefficient (Wildman–Crippen LogP) is 2.54. The first-order valence-corrected chi connectivity index (χ1v) is 12.4. The molecule has 30 heavy (non-hydrogen) atoms. The summed E-state index contributed by atoms with van der Waals surface area (Å²) >= 11 is 0. The molecular formula is C22H30N4O3S. The summed E-state index contributed by atoms with van der Waals surface area (Å²) in [5.41, 5.74) is 2.65. The van der Waals surface area contributed by atoms with E-state index in [0.29, 0.717) is 13.1 Å². The smallest absolute Gasteiger partial charge is 0.211 e. The van der Waals surface area contributed by atoms with Gasteiger partial charge in [-0.1, -0.05) is 24.6 Å². The Bertz CT molecular complexity index is 1000. The second-order valence-electron chi connectivity index (χ2n) is 8.56. The second-order valence-corrected chi connectivity index (χ2v) is 10.5. The van der Waals surface area contributed by atoms with Crippen LogP contribution in [0.5, 0.6) is 5.75 Å². The van der Waals surface area contributed by atoms with Crippen molar-refractivity contribution in [3.05, 3.63) is 53.1 Å². The van der Waals surface area contributed by atoms with Crippen LogP contribution >= 0.6 is 0 Å². The molecule has 0 atom stereocenters. The Morgan fingerprint density at radius 1 is 1.17 bits per heavy atom. The van der Waals surface area contributed by atoms with E-state index >= 15 is 0 Å². The van der Waals surface area contributed by atoms with Gasteiger partial charge in [-0.2, -0.15) is 4.31 Å². The van der Waals surface area contributed by atoms with Crippen LogP contribution in [0.4, 0.5) is 0 Å². The SMILES string of the molecule is CCc1ncc(CN2CCC3(CC2)CN(S(C)(=O)=O)Cc2cc(C)ccc2O3)cn1. The number of benzene rings is 1. The first-order valence-electron chi connectivity index (χ1n) is 10.5. The Balaban J connectivity index is 1.51. The zero-order chi connectivity index (χ0) is 21.4. The molecule has 0 N–H and O–H groups in total. The van der Waals surface area contributed by atoms with Gasteiger partial charge in [-0.05, 0) is 13.0 Å². The molecule has 2 aromatic rings. The molecule has 0 aliphatic carbocycles. The lowest BCUT2D eigenvalue weighted by molar-refractivity contribution is -0.00749. The molecule has 3 heterocycles. The number of sulfonamides is 1. The van der Waals surface area contributed by atoms with Crippen LogP contribution in [-0.4, -0.2) is 59.1 Å². The summed E-state index contributed by atoms with van der Waals surface area (Å²) in [6.07, 6.45) is 7.49. The molecule has 7 nitrogen and oxygen atoms in total. The number of ether oxygens (including phenoxy) is 1. The fourth-order valence-electron chi connectivity index (χ4n) is 4.28. The van der Waals surface area contributed by atoms with Gasteiger partial charge in [0, 0.05) is 69.0 Å². The number of fused-ring (bicyclic) bond motifs is 1. The van der Waals surface area contributed by atoms with Crippen LogP contribution in [0.3, 0.4) is 0 Å². The third-order valence-electron chi connectivity index (χ3n) is 6.07. The minimum atomic E-state index is -3.33. The van der Waals surface area contributed by atoms with E-state index in [1.165, 1.54) is 6.26 Å². The first-order chi connectivity index (χ1) is 14.3. The number of hydrogen-bond donors (Lipinski definition) is 0. The number of aromatic nitrogens is 2. The van der Waals surface area contributed by atoms with Gasteiger partial charge in [0.25, 0.3) is 0 Å². The average Bonchev–Trinajstić information content (AvgIpc) is 2.87. The van der Waals surface area contributed by atoms with Crippen LogP contribution in [0.15, 0.2) is 30.6 Å². The standard InChI is InChI=1S/C22H30N4O3S/c1-4-21-23-12-18(13-24-21)14-25-9-7-22(8-10-25)16-26(30(3,27)28)15-19-11-17(2)5-6-20(19)29-22/h5-6,11-13H,4,7-10,14-16H2,1-3H3. The monoisotopic (exact) mass is 430 g/mol. The summed E-state index contributed by atoms with van der Waals surface area (Å²) in [4.78, 5) is 11.1. The van der Waals surface area contributed by atoms with Crippen molar-refractivity contribution in [1.29, 1.82) is 0 Å². The zero-order valence-corrected chi connectivity index (χ0v) is 18.8. The number of aryl methyl sites for hydroxylation is 2. The third-order valence-corrected chi connectivity index (χ3v) is 7.27. The average molecular weight is 431 g/mol. The Morgan fingerprint density at radius 2 is 1.87 bits per heavy atom. The van der Waals surface area contributed by atoms with Gasteiger partial charge in [0.05, 0.1) is 12.8 Å². The number of hydrogen-bond acceptors (Lipinski definition) is 6. The zero-order valence-electron chi connectivity index (χ0n) is 18.0. The lowest BCUT2D eigenvalue weighted by Crippen LogP contribution is -2.53. The molecule has 162 valence electrons. The topological polar surface area (TPSA) is 75.6 Å². The third kappa shape index (κ3) is 4.66. The van der Waals surface area contributed by atoms with Gasteiger partial charge in [0.1, 0.15) is 17.2 Å². The van der Waals surface area contributed by atoms with Crippen molar-refractivity contribution in [2.24, 2.45) is 0 Å². The molecule has 0 amide bonds. The maximum Gasteiger partial charge on any atom is 0.211 e. The Hall–Kier alpha value is -2.03. The fraction of sp³-hybridized carbons (Fsp3) is 0.545. The van der Waals surface area contributed by atoms with E-state index in [9.17, 15) is 8.42 Å². The van der Waals surface area contributed by atoms with Gasteiger partial charge in [-0.25, -0.2) is 18.4 Å². The van der Waals surface area contributed by atoms with Crippen LogP contribution in [0, 0.1) is 6.92 Å². The molecule has 1 spiro atoms. The van der Waals surface area contributed by atoms with E-state index in [-0.39, 0.29) is 0 Å². The van der Waals surface area contributed by atoms with E-state index < -0.39 is 15.6 Å². The molecule has 0 radical (unpaired) electrons. The predicted molar refractivity (Wildman–Crippen MR) is 116 cm³/mol. The number of piperidine rings is 1. The molecule has 1 aromatic heterocycles. The fourth-order valence-corrected chi connectivity index (χ4v) is 5.12. The molecule has 4 rings (SSSR count). The van der Waals surface area contributed by atoms with Gasteiger partial charge in [0.2, 0.25) is 10.0 Å². The highest BCUT2D eigenvalue weighted by Crippen LogP contribution is 2.37. The molecule has 0 saturated carbocycles. The maximum atomic E-state index is 12.5. The molecule has 2 aliphatic heterocycles. The molecule has 0 unspecified atom stereocenters. The summed E-state index contributed by atoms with van der Waals surface area (Å²) in [5.74, 6) is 1.67. The first kappa shape index (κ1) is 21.2. The van der Waals surface area contributed by atoms with Crippen molar-refractivity contribution < 1.29 is 13.2 Å².